The Bertz CT molecular complexity index is 513. The fraction of sp³-hybridized carbons (Fsp3) is 0.467. The van der Waals surface area contributed by atoms with Crippen LogP contribution in [0.1, 0.15) is 37.9 Å². The van der Waals surface area contributed by atoms with Crippen LogP contribution in [0.4, 0.5) is 10.5 Å². The molecule has 0 saturated heterocycles. The average molecular weight is 291 g/mol. The third kappa shape index (κ3) is 5.43. The lowest BCUT2D eigenvalue weighted by atomic mass is 10.1. The highest BCUT2D eigenvalue weighted by molar-refractivity contribution is 5.89. The van der Waals surface area contributed by atoms with Crippen molar-refractivity contribution in [2.45, 2.75) is 38.3 Å². The molecule has 0 spiro atoms. The SMILES string of the molecule is CC(O)c1cccc(NC(=O)NCCC(=O)NC2CC2)c1. The van der Waals surface area contributed by atoms with E-state index in [9.17, 15) is 14.7 Å². The Hall–Kier alpha value is -2.08. The summed E-state index contributed by atoms with van der Waals surface area (Å²) >= 11 is 0. The molecule has 0 heterocycles. The van der Waals surface area contributed by atoms with Gasteiger partial charge in [0.1, 0.15) is 0 Å². The van der Waals surface area contributed by atoms with Gasteiger partial charge >= 0.3 is 6.03 Å². The molecule has 2 rings (SSSR count). The Kier molecular flexibility index (Phi) is 5.16. The number of benzene rings is 1. The molecular formula is C15H21N3O3. The van der Waals surface area contributed by atoms with Crippen molar-refractivity contribution in [3.05, 3.63) is 29.8 Å². The lowest BCUT2D eigenvalue weighted by Crippen LogP contribution is -2.34. The van der Waals surface area contributed by atoms with Crippen LogP contribution < -0.4 is 16.0 Å². The average Bonchev–Trinajstić information content (AvgIpc) is 3.22. The van der Waals surface area contributed by atoms with E-state index in [4.69, 9.17) is 0 Å². The van der Waals surface area contributed by atoms with Crippen LogP contribution in [0.3, 0.4) is 0 Å². The minimum Gasteiger partial charge on any atom is -0.389 e. The zero-order valence-corrected chi connectivity index (χ0v) is 12.1. The predicted molar refractivity (Wildman–Crippen MR) is 79.9 cm³/mol. The molecule has 0 bridgehead atoms. The third-order valence-corrected chi connectivity index (χ3v) is 3.21. The van der Waals surface area contributed by atoms with E-state index in [0.717, 1.165) is 18.4 Å². The highest BCUT2D eigenvalue weighted by Gasteiger charge is 2.22. The zero-order valence-electron chi connectivity index (χ0n) is 12.1. The summed E-state index contributed by atoms with van der Waals surface area (Å²) < 4.78 is 0. The summed E-state index contributed by atoms with van der Waals surface area (Å²) in [6, 6.07) is 6.98. The van der Waals surface area contributed by atoms with Crippen molar-refractivity contribution in [1.82, 2.24) is 10.6 Å². The van der Waals surface area contributed by atoms with Crippen LogP contribution in [0.15, 0.2) is 24.3 Å². The summed E-state index contributed by atoms with van der Waals surface area (Å²) in [6.07, 6.45) is 1.80. The fourth-order valence-corrected chi connectivity index (χ4v) is 1.87. The maximum atomic E-state index is 11.7. The van der Waals surface area contributed by atoms with E-state index in [0.29, 0.717) is 18.3 Å². The number of hydrogen-bond acceptors (Lipinski definition) is 3. The molecule has 4 N–H and O–H groups in total. The monoisotopic (exact) mass is 291 g/mol. The van der Waals surface area contributed by atoms with Crippen LogP contribution >= 0.6 is 0 Å². The molecule has 1 aromatic rings. The number of amides is 3. The molecule has 1 saturated carbocycles. The largest absolute Gasteiger partial charge is 0.389 e. The Labute approximate surface area is 123 Å². The van der Waals surface area contributed by atoms with Gasteiger partial charge in [0, 0.05) is 24.7 Å². The van der Waals surface area contributed by atoms with Crippen LogP contribution in [-0.2, 0) is 4.79 Å². The molecule has 6 nitrogen and oxygen atoms in total. The summed E-state index contributed by atoms with van der Waals surface area (Å²) in [5.41, 5.74) is 1.34. The molecular weight excluding hydrogens is 270 g/mol. The number of aliphatic hydroxyl groups excluding tert-OH is 1. The van der Waals surface area contributed by atoms with Crippen LogP contribution in [0.5, 0.6) is 0 Å². The van der Waals surface area contributed by atoms with Gasteiger partial charge in [-0.3, -0.25) is 4.79 Å². The van der Waals surface area contributed by atoms with E-state index in [-0.39, 0.29) is 18.4 Å². The van der Waals surface area contributed by atoms with Gasteiger partial charge in [-0.2, -0.15) is 0 Å². The smallest absolute Gasteiger partial charge is 0.319 e. The molecule has 1 aromatic carbocycles. The van der Waals surface area contributed by atoms with Crippen molar-refractivity contribution in [2.24, 2.45) is 0 Å². The maximum absolute atomic E-state index is 11.7. The van der Waals surface area contributed by atoms with Crippen molar-refractivity contribution in [2.75, 3.05) is 11.9 Å². The van der Waals surface area contributed by atoms with Crippen molar-refractivity contribution in [1.29, 1.82) is 0 Å². The van der Waals surface area contributed by atoms with Gasteiger partial charge in [-0.25, -0.2) is 4.79 Å². The molecule has 1 atom stereocenters. The molecule has 1 unspecified atom stereocenters. The molecule has 1 aliphatic carbocycles. The highest BCUT2D eigenvalue weighted by atomic mass is 16.3. The normalized spacial score (nSPS) is 15.1. The molecule has 114 valence electrons. The van der Waals surface area contributed by atoms with Gasteiger partial charge in [-0.05, 0) is 37.5 Å². The van der Waals surface area contributed by atoms with Crippen LogP contribution in [0, 0.1) is 0 Å². The van der Waals surface area contributed by atoms with Gasteiger partial charge in [0.2, 0.25) is 5.91 Å². The number of rotatable bonds is 6. The predicted octanol–water partition coefficient (Wildman–Crippen LogP) is 1.53. The fourth-order valence-electron chi connectivity index (χ4n) is 1.87. The van der Waals surface area contributed by atoms with Crippen molar-refractivity contribution in [3.63, 3.8) is 0 Å². The molecule has 6 heteroatoms. The van der Waals surface area contributed by atoms with Gasteiger partial charge < -0.3 is 21.1 Å². The number of hydrogen-bond donors (Lipinski definition) is 4. The first-order valence-electron chi connectivity index (χ1n) is 7.17. The minimum absolute atomic E-state index is 0.0334. The second-order valence-corrected chi connectivity index (χ2v) is 5.27. The standard InChI is InChI=1S/C15H21N3O3/c1-10(19)11-3-2-4-13(9-11)18-15(21)16-8-7-14(20)17-12-5-6-12/h2-4,9-10,12,19H,5-8H2,1H3,(H,17,20)(H2,16,18,21). The first-order valence-corrected chi connectivity index (χ1v) is 7.17. The van der Waals surface area contributed by atoms with E-state index in [1.807, 2.05) is 0 Å². The second kappa shape index (κ2) is 7.08. The lowest BCUT2D eigenvalue weighted by molar-refractivity contribution is -0.121. The molecule has 1 fully saturated rings. The highest BCUT2D eigenvalue weighted by Crippen LogP contribution is 2.18. The van der Waals surface area contributed by atoms with Gasteiger partial charge in [0.25, 0.3) is 0 Å². The number of nitrogens with one attached hydrogen (secondary N) is 3. The summed E-state index contributed by atoms with van der Waals surface area (Å²) in [5, 5.41) is 17.6. The second-order valence-electron chi connectivity index (χ2n) is 5.27. The first kappa shape index (κ1) is 15.3. The van der Waals surface area contributed by atoms with Crippen LogP contribution in [-0.4, -0.2) is 29.6 Å². The molecule has 21 heavy (non-hydrogen) atoms. The molecule has 0 aromatic heterocycles. The quantitative estimate of drug-likeness (QED) is 0.640. The van der Waals surface area contributed by atoms with E-state index >= 15 is 0 Å². The van der Waals surface area contributed by atoms with E-state index in [2.05, 4.69) is 16.0 Å². The summed E-state index contributed by atoms with van der Waals surface area (Å²) in [4.78, 5) is 23.1. The Balaban J connectivity index is 1.71. The minimum atomic E-state index is -0.582. The van der Waals surface area contributed by atoms with Crippen molar-refractivity contribution >= 4 is 17.6 Å². The number of carbonyl (C=O) groups excluding carboxylic acids is 2. The molecule has 1 aliphatic rings. The van der Waals surface area contributed by atoms with Gasteiger partial charge in [-0.15, -0.1) is 0 Å². The number of aliphatic hydroxyl groups is 1. The van der Waals surface area contributed by atoms with Crippen molar-refractivity contribution in [3.8, 4) is 0 Å². The van der Waals surface area contributed by atoms with E-state index in [1.54, 1.807) is 31.2 Å². The molecule has 3 amide bonds. The molecule has 0 radical (unpaired) electrons. The van der Waals surface area contributed by atoms with E-state index < -0.39 is 6.10 Å². The third-order valence-electron chi connectivity index (χ3n) is 3.21. The van der Waals surface area contributed by atoms with Crippen LogP contribution in [0.25, 0.3) is 0 Å². The summed E-state index contributed by atoms with van der Waals surface area (Å²) in [7, 11) is 0. The van der Waals surface area contributed by atoms with E-state index in [1.165, 1.54) is 0 Å². The number of carbonyl (C=O) groups is 2. The topological polar surface area (TPSA) is 90.5 Å². The lowest BCUT2D eigenvalue weighted by Gasteiger charge is -2.10. The van der Waals surface area contributed by atoms with Gasteiger partial charge in [0.15, 0.2) is 0 Å². The van der Waals surface area contributed by atoms with Crippen LogP contribution in [0.2, 0.25) is 0 Å². The number of urea groups is 1. The van der Waals surface area contributed by atoms with Gasteiger partial charge in [-0.1, -0.05) is 12.1 Å². The Morgan fingerprint density at radius 2 is 2.14 bits per heavy atom. The molecule has 0 aliphatic heterocycles. The van der Waals surface area contributed by atoms with Gasteiger partial charge in [0.05, 0.1) is 6.10 Å². The Morgan fingerprint density at radius 3 is 2.81 bits per heavy atom. The number of anilines is 1. The summed E-state index contributed by atoms with van der Waals surface area (Å²) in [5.74, 6) is -0.0334. The zero-order chi connectivity index (χ0) is 15.2. The first-order chi connectivity index (χ1) is 10.0. The maximum Gasteiger partial charge on any atom is 0.319 e. The summed E-state index contributed by atoms with van der Waals surface area (Å²) in [6.45, 7) is 1.96. The Morgan fingerprint density at radius 1 is 1.38 bits per heavy atom. The van der Waals surface area contributed by atoms with Crippen molar-refractivity contribution < 1.29 is 14.7 Å².